The van der Waals surface area contributed by atoms with E-state index in [1.807, 2.05) is 24.3 Å². The van der Waals surface area contributed by atoms with Gasteiger partial charge in [0.2, 0.25) is 0 Å². The summed E-state index contributed by atoms with van der Waals surface area (Å²) in [5.41, 5.74) is 4.72. The Morgan fingerprint density at radius 3 is 2.19 bits per heavy atom. The largest absolute Gasteiger partial charge is 0.457 e. The lowest BCUT2D eigenvalue weighted by Crippen LogP contribution is -2.09. The number of hydrogen-bond acceptors (Lipinski definition) is 4. The third-order valence-electron chi connectivity index (χ3n) is 4.41. The molecule has 26 heavy (non-hydrogen) atoms. The van der Waals surface area contributed by atoms with Crippen molar-refractivity contribution in [3.05, 3.63) is 77.2 Å². The predicted octanol–water partition coefficient (Wildman–Crippen LogP) is 5.10. The van der Waals surface area contributed by atoms with E-state index in [1.54, 1.807) is 6.33 Å². The van der Waals surface area contributed by atoms with Gasteiger partial charge in [-0.05, 0) is 56.5 Å². The minimum atomic E-state index is 0.833. The monoisotopic (exact) mass is 347 g/mol. The van der Waals surface area contributed by atoms with Gasteiger partial charge in [0.15, 0.2) is 0 Å². The van der Waals surface area contributed by atoms with Crippen molar-refractivity contribution in [1.82, 2.24) is 9.97 Å². The lowest BCUT2D eigenvalue weighted by molar-refractivity contribution is 0.482. The van der Waals surface area contributed by atoms with Crippen LogP contribution in [-0.4, -0.2) is 16.5 Å². The van der Waals surface area contributed by atoms with E-state index in [0.29, 0.717) is 0 Å². The second kappa shape index (κ2) is 8.48. The zero-order valence-electron chi connectivity index (χ0n) is 15.6. The van der Waals surface area contributed by atoms with Crippen LogP contribution in [0, 0.1) is 13.8 Å². The molecule has 4 heteroatoms. The highest BCUT2D eigenvalue weighted by Crippen LogP contribution is 2.22. The molecule has 0 aliphatic heterocycles. The smallest absolute Gasteiger partial charge is 0.132 e. The van der Waals surface area contributed by atoms with Gasteiger partial charge >= 0.3 is 0 Å². The topological polar surface area (TPSA) is 47.0 Å². The number of ether oxygens (including phenoxy) is 1. The number of aryl methyl sites for hydroxylation is 2. The molecular formula is C22H25N3O. The fraction of sp³-hybridized carbons (Fsp3) is 0.273. The van der Waals surface area contributed by atoms with Gasteiger partial charge in [-0.3, -0.25) is 0 Å². The number of rotatable bonds is 7. The highest BCUT2D eigenvalue weighted by atomic mass is 16.5. The first-order chi connectivity index (χ1) is 12.7. The van der Waals surface area contributed by atoms with Gasteiger partial charge in [0, 0.05) is 17.8 Å². The molecule has 0 saturated carbocycles. The number of hydrogen-bond donors (Lipinski definition) is 1. The van der Waals surface area contributed by atoms with E-state index >= 15 is 0 Å². The van der Waals surface area contributed by atoms with Crippen molar-refractivity contribution >= 4 is 5.82 Å². The molecule has 0 amide bonds. The van der Waals surface area contributed by atoms with Crippen molar-refractivity contribution < 1.29 is 4.74 Å². The van der Waals surface area contributed by atoms with Crippen LogP contribution in [0.25, 0.3) is 0 Å². The maximum atomic E-state index is 5.87. The van der Waals surface area contributed by atoms with Crippen LogP contribution in [0.4, 0.5) is 5.82 Å². The molecule has 0 saturated heterocycles. The van der Waals surface area contributed by atoms with E-state index in [1.165, 1.54) is 11.1 Å². The summed E-state index contributed by atoms with van der Waals surface area (Å²) >= 11 is 0. The van der Waals surface area contributed by atoms with E-state index in [0.717, 1.165) is 48.0 Å². The quantitative estimate of drug-likeness (QED) is 0.646. The summed E-state index contributed by atoms with van der Waals surface area (Å²) in [5.74, 6) is 2.64. The first kappa shape index (κ1) is 17.9. The van der Waals surface area contributed by atoms with Gasteiger partial charge in [0.05, 0.1) is 0 Å². The number of nitrogens with one attached hydrogen (secondary N) is 1. The zero-order valence-corrected chi connectivity index (χ0v) is 15.6. The van der Waals surface area contributed by atoms with Gasteiger partial charge in [0.1, 0.15) is 23.6 Å². The number of anilines is 1. The Labute approximate surface area is 155 Å². The van der Waals surface area contributed by atoms with Crippen molar-refractivity contribution in [1.29, 1.82) is 0 Å². The molecule has 0 aliphatic rings. The minimum absolute atomic E-state index is 0.833. The normalized spacial score (nSPS) is 10.6. The lowest BCUT2D eigenvalue weighted by Gasteiger charge is -2.11. The van der Waals surface area contributed by atoms with Crippen molar-refractivity contribution in [3.63, 3.8) is 0 Å². The van der Waals surface area contributed by atoms with Crippen LogP contribution in [0.15, 0.2) is 54.9 Å². The van der Waals surface area contributed by atoms with Gasteiger partial charge in [-0.1, -0.05) is 36.8 Å². The summed E-state index contributed by atoms with van der Waals surface area (Å²) in [7, 11) is 0. The standard InChI is InChI=1S/C22H25N3O/c1-4-21-17(3)22(25-15-24-21)23-14-13-18-7-11-20(12-8-18)26-19-9-5-16(2)6-10-19/h5-12,15H,4,13-14H2,1-3H3,(H,23,24,25). The summed E-state index contributed by atoms with van der Waals surface area (Å²) in [4.78, 5) is 8.65. The molecule has 0 aliphatic carbocycles. The summed E-state index contributed by atoms with van der Waals surface area (Å²) in [6.45, 7) is 7.08. The molecule has 1 N–H and O–H groups in total. The van der Waals surface area contributed by atoms with Gasteiger partial charge in [-0.25, -0.2) is 9.97 Å². The number of benzene rings is 2. The molecule has 3 aromatic rings. The average molecular weight is 347 g/mol. The molecule has 4 nitrogen and oxygen atoms in total. The first-order valence-electron chi connectivity index (χ1n) is 9.03. The maximum Gasteiger partial charge on any atom is 0.132 e. The van der Waals surface area contributed by atoms with E-state index in [9.17, 15) is 0 Å². The number of aromatic nitrogens is 2. The molecule has 0 bridgehead atoms. The van der Waals surface area contributed by atoms with Crippen LogP contribution in [0.2, 0.25) is 0 Å². The molecule has 2 aromatic carbocycles. The molecule has 0 fully saturated rings. The highest BCUT2D eigenvalue weighted by Gasteiger charge is 2.05. The molecule has 0 spiro atoms. The fourth-order valence-corrected chi connectivity index (χ4v) is 2.81. The molecule has 1 heterocycles. The van der Waals surface area contributed by atoms with Gasteiger partial charge in [0.25, 0.3) is 0 Å². The van der Waals surface area contributed by atoms with Crippen LogP contribution >= 0.6 is 0 Å². The summed E-state index contributed by atoms with van der Waals surface area (Å²) in [6, 6.07) is 16.3. The first-order valence-corrected chi connectivity index (χ1v) is 9.03. The SMILES string of the molecule is CCc1ncnc(NCCc2ccc(Oc3ccc(C)cc3)cc2)c1C. The summed E-state index contributed by atoms with van der Waals surface area (Å²) < 4.78 is 5.87. The average Bonchev–Trinajstić information content (AvgIpc) is 2.66. The zero-order chi connectivity index (χ0) is 18.4. The predicted molar refractivity (Wildman–Crippen MR) is 106 cm³/mol. The maximum absolute atomic E-state index is 5.87. The Hall–Kier alpha value is -2.88. The van der Waals surface area contributed by atoms with Crippen LogP contribution < -0.4 is 10.1 Å². The van der Waals surface area contributed by atoms with Crippen LogP contribution in [0.5, 0.6) is 11.5 Å². The van der Waals surface area contributed by atoms with Crippen molar-refractivity contribution in [2.24, 2.45) is 0 Å². The second-order valence-corrected chi connectivity index (χ2v) is 6.38. The van der Waals surface area contributed by atoms with E-state index in [2.05, 4.69) is 60.3 Å². The Morgan fingerprint density at radius 2 is 1.54 bits per heavy atom. The minimum Gasteiger partial charge on any atom is -0.457 e. The van der Waals surface area contributed by atoms with Crippen molar-refractivity contribution in [2.75, 3.05) is 11.9 Å². The van der Waals surface area contributed by atoms with Gasteiger partial charge in [-0.2, -0.15) is 0 Å². The van der Waals surface area contributed by atoms with E-state index in [4.69, 9.17) is 4.74 Å². The fourth-order valence-electron chi connectivity index (χ4n) is 2.81. The number of nitrogens with zero attached hydrogens (tertiary/aromatic N) is 2. The second-order valence-electron chi connectivity index (χ2n) is 6.38. The highest BCUT2D eigenvalue weighted by molar-refractivity contribution is 5.45. The molecule has 134 valence electrons. The van der Waals surface area contributed by atoms with Crippen LogP contribution in [-0.2, 0) is 12.8 Å². The van der Waals surface area contributed by atoms with Crippen molar-refractivity contribution in [3.8, 4) is 11.5 Å². The lowest BCUT2D eigenvalue weighted by atomic mass is 10.1. The van der Waals surface area contributed by atoms with Gasteiger partial charge < -0.3 is 10.1 Å². The summed E-state index contributed by atoms with van der Waals surface area (Å²) in [6.07, 6.45) is 3.48. The molecule has 0 atom stereocenters. The third kappa shape index (κ3) is 4.60. The third-order valence-corrected chi connectivity index (χ3v) is 4.41. The Bertz CT molecular complexity index is 842. The van der Waals surface area contributed by atoms with Crippen LogP contribution in [0.3, 0.4) is 0 Å². The van der Waals surface area contributed by atoms with Crippen molar-refractivity contribution in [2.45, 2.75) is 33.6 Å². The molecule has 1 aromatic heterocycles. The molecule has 3 rings (SSSR count). The Balaban J connectivity index is 1.54. The molecule has 0 unspecified atom stereocenters. The van der Waals surface area contributed by atoms with E-state index in [-0.39, 0.29) is 0 Å². The van der Waals surface area contributed by atoms with E-state index < -0.39 is 0 Å². The Kier molecular flexibility index (Phi) is 5.84. The van der Waals surface area contributed by atoms with Gasteiger partial charge in [-0.15, -0.1) is 0 Å². The molecular weight excluding hydrogens is 322 g/mol. The summed E-state index contributed by atoms with van der Waals surface area (Å²) in [5, 5.41) is 3.41. The molecule has 0 radical (unpaired) electrons. The van der Waals surface area contributed by atoms with Crippen LogP contribution in [0.1, 0.15) is 29.3 Å². The Morgan fingerprint density at radius 1 is 0.885 bits per heavy atom.